The van der Waals surface area contributed by atoms with Crippen molar-refractivity contribution in [2.45, 2.75) is 6.61 Å². The molecule has 0 aliphatic heterocycles. The Morgan fingerprint density at radius 3 is 2.56 bits per heavy atom. The first kappa shape index (κ1) is 18.7. The maximum Gasteiger partial charge on any atom is 0.414 e. The van der Waals surface area contributed by atoms with E-state index in [-0.39, 0.29) is 36.2 Å². The molecule has 2 rings (SSSR count). The van der Waals surface area contributed by atoms with Crippen LogP contribution in [-0.2, 0) is 16.1 Å². The number of carbonyl (C=O) groups excluding carboxylic acids is 1. The van der Waals surface area contributed by atoms with Gasteiger partial charge < -0.3 is 9.47 Å². The van der Waals surface area contributed by atoms with Gasteiger partial charge in [-0.3, -0.25) is 15.0 Å². The quantitative estimate of drug-likeness (QED) is 0.547. The number of hydrogen-bond donors (Lipinski definition) is 0. The fourth-order valence-corrected chi connectivity index (χ4v) is 2.46. The van der Waals surface area contributed by atoms with Crippen molar-refractivity contribution >= 4 is 29.1 Å². The number of ether oxygens (including phenoxy) is 2. The number of rotatable bonds is 7. The van der Waals surface area contributed by atoms with Gasteiger partial charge >= 0.3 is 6.09 Å². The summed E-state index contributed by atoms with van der Waals surface area (Å²) in [6, 6.07) is 13.3. The zero-order valence-corrected chi connectivity index (χ0v) is 14.3. The van der Waals surface area contributed by atoms with Crippen LogP contribution in [0.25, 0.3) is 0 Å². The molecule has 0 heterocycles. The molecule has 0 N–H and O–H groups in total. The lowest BCUT2D eigenvalue weighted by molar-refractivity contribution is -0.384. The molecular weight excluding hydrogens is 348 g/mol. The van der Waals surface area contributed by atoms with Crippen molar-refractivity contribution in [2.24, 2.45) is 0 Å². The van der Waals surface area contributed by atoms with Gasteiger partial charge in [-0.15, -0.1) is 0 Å². The Balaban J connectivity index is 2.27. The van der Waals surface area contributed by atoms with Crippen LogP contribution in [0.5, 0.6) is 0 Å². The van der Waals surface area contributed by atoms with E-state index in [1.54, 1.807) is 0 Å². The molecule has 1 amide bonds. The summed E-state index contributed by atoms with van der Waals surface area (Å²) < 4.78 is 10.3. The number of halogens is 1. The van der Waals surface area contributed by atoms with Gasteiger partial charge in [-0.2, -0.15) is 0 Å². The van der Waals surface area contributed by atoms with E-state index in [1.165, 1.54) is 25.3 Å². The lowest BCUT2D eigenvalue weighted by Gasteiger charge is -2.22. The highest BCUT2D eigenvalue weighted by Gasteiger charge is 2.28. The second-order valence-corrected chi connectivity index (χ2v) is 5.46. The predicted molar refractivity (Wildman–Crippen MR) is 94.0 cm³/mol. The average molecular weight is 365 g/mol. The molecule has 8 heteroatoms. The summed E-state index contributed by atoms with van der Waals surface area (Å²) in [6.07, 6.45) is -0.739. The van der Waals surface area contributed by atoms with Crippen LogP contribution in [0, 0.1) is 10.1 Å². The van der Waals surface area contributed by atoms with Gasteiger partial charge in [-0.25, -0.2) is 4.79 Å². The zero-order valence-electron chi connectivity index (χ0n) is 13.6. The molecule has 0 saturated heterocycles. The van der Waals surface area contributed by atoms with E-state index in [1.807, 2.05) is 30.3 Å². The van der Waals surface area contributed by atoms with Gasteiger partial charge in [0, 0.05) is 13.2 Å². The average Bonchev–Trinajstić information content (AvgIpc) is 2.62. The molecule has 2 aromatic carbocycles. The lowest BCUT2D eigenvalue weighted by atomic mass is 10.2. The number of carbonyl (C=O) groups is 1. The van der Waals surface area contributed by atoms with Crippen molar-refractivity contribution in [3.63, 3.8) is 0 Å². The third kappa shape index (κ3) is 4.91. The largest absolute Gasteiger partial charge is 0.444 e. The minimum absolute atomic E-state index is 0.00993. The van der Waals surface area contributed by atoms with Gasteiger partial charge in [0.15, 0.2) is 0 Å². The standard InChI is InChI=1S/C17H17ClN2O5/c1-24-11-10-19(16-14(18)8-5-9-15(16)20(22)23)17(21)25-12-13-6-3-2-4-7-13/h2-9H,10-12H2,1H3. The summed E-state index contributed by atoms with van der Waals surface area (Å²) in [5.41, 5.74) is 0.515. The van der Waals surface area contributed by atoms with Crippen molar-refractivity contribution in [2.75, 3.05) is 25.2 Å². The number of nitro groups is 1. The lowest BCUT2D eigenvalue weighted by Crippen LogP contribution is -2.35. The summed E-state index contributed by atoms with van der Waals surface area (Å²) in [5, 5.41) is 11.4. The minimum atomic E-state index is -0.739. The van der Waals surface area contributed by atoms with Crippen LogP contribution in [0.1, 0.15) is 5.56 Å². The number of amides is 1. The molecule has 7 nitrogen and oxygen atoms in total. The van der Waals surface area contributed by atoms with Gasteiger partial charge in [0.2, 0.25) is 0 Å². The van der Waals surface area contributed by atoms with E-state index < -0.39 is 11.0 Å². The highest BCUT2D eigenvalue weighted by atomic mass is 35.5. The summed E-state index contributed by atoms with van der Waals surface area (Å²) in [4.78, 5) is 24.3. The Bertz CT molecular complexity index is 739. The summed E-state index contributed by atoms with van der Waals surface area (Å²) in [6.45, 7) is 0.277. The van der Waals surface area contributed by atoms with E-state index in [0.29, 0.717) is 0 Å². The highest BCUT2D eigenvalue weighted by Crippen LogP contribution is 2.35. The van der Waals surface area contributed by atoms with E-state index in [0.717, 1.165) is 10.5 Å². The van der Waals surface area contributed by atoms with Crippen molar-refractivity contribution in [1.82, 2.24) is 0 Å². The van der Waals surface area contributed by atoms with Crippen LogP contribution in [-0.4, -0.2) is 31.3 Å². The monoisotopic (exact) mass is 364 g/mol. The van der Waals surface area contributed by atoms with Crippen molar-refractivity contribution in [3.05, 3.63) is 69.2 Å². The minimum Gasteiger partial charge on any atom is -0.444 e. The molecule has 132 valence electrons. The maximum absolute atomic E-state index is 12.5. The first-order valence-corrected chi connectivity index (χ1v) is 7.82. The fourth-order valence-electron chi connectivity index (χ4n) is 2.19. The molecule has 25 heavy (non-hydrogen) atoms. The topological polar surface area (TPSA) is 81.9 Å². The SMILES string of the molecule is COCCN(C(=O)OCc1ccccc1)c1c(Cl)cccc1[N+](=O)[O-]. The van der Waals surface area contributed by atoms with Gasteiger partial charge in [0.25, 0.3) is 5.69 Å². The molecule has 0 aromatic heterocycles. The second kappa shape index (κ2) is 9.00. The van der Waals surface area contributed by atoms with Crippen LogP contribution in [0.3, 0.4) is 0 Å². The third-order valence-electron chi connectivity index (χ3n) is 3.38. The van der Waals surface area contributed by atoms with Gasteiger partial charge in [0.05, 0.1) is 23.1 Å². The third-order valence-corrected chi connectivity index (χ3v) is 3.68. The van der Waals surface area contributed by atoms with E-state index >= 15 is 0 Å². The molecule has 0 unspecified atom stereocenters. The van der Waals surface area contributed by atoms with Crippen molar-refractivity contribution in [1.29, 1.82) is 0 Å². The molecule has 2 aromatic rings. The van der Waals surface area contributed by atoms with Crippen LogP contribution in [0.2, 0.25) is 5.02 Å². The Morgan fingerprint density at radius 2 is 1.92 bits per heavy atom. The van der Waals surface area contributed by atoms with Gasteiger partial charge in [-0.05, 0) is 11.6 Å². The van der Waals surface area contributed by atoms with Crippen LogP contribution in [0.4, 0.5) is 16.2 Å². The normalized spacial score (nSPS) is 10.3. The van der Waals surface area contributed by atoms with Crippen LogP contribution in [0.15, 0.2) is 48.5 Å². The Kier molecular flexibility index (Phi) is 6.73. The zero-order chi connectivity index (χ0) is 18.2. The maximum atomic E-state index is 12.5. The van der Waals surface area contributed by atoms with E-state index in [9.17, 15) is 14.9 Å². The van der Waals surface area contributed by atoms with Gasteiger partial charge in [0.1, 0.15) is 12.3 Å². The summed E-state index contributed by atoms with van der Waals surface area (Å²) >= 11 is 6.11. The molecule has 0 fully saturated rings. The van der Waals surface area contributed by atoms with Crippen LogP contribution >= 0.6 is 11.6 Å². The van der Waals surface area contributed by atoms with Gasteiger partial charge in [-0.1, -0.05) is 48.0 Å². The predicted octanol–water partition coefficient (Wildman–Crippen LogP) is 4.04. The highest BCUT2D eigenvalue weighted by molar-refractivity contribution is 6.34. The number of nitrogens with zero attached hydrogens (tertiary/aromatic N) is 2. The van der Waals surface area contributed by atoms with Crippen molar-refractivity contribution < 1.29 is 19.2 Å². The number of para-hydroxylation sites is 1. The number of methoxy groups -OCH3 is 1. The first-order chi connectivity index (χ1) is 12.0. The molecule has 0 atom stereocenters. The molecule has 0 spiro atoms. The van der Waals surface area contributed by atoms with Crippen LogP contribution < -0.4 is 4.90 Å². The molecule has 0 aliphatic carbocycles. The molecule has 0 aliphatic rings. The van der Waals surface area contributed by atoms with E-state index in [4.69, 9.17) is 21.1 Å². The molecule has 0 bridgehead atoms. The summed E-state index contributed by atoms with van der Waals surface area (Å²) in [5.74, 6) is 0. The number of hydrogen-bond acceptors (Lipinski definition) is 5. The summed E-state index contributed by atoms with van der Waals surface area (Å²) in [7, 11) is 1.47. The fraction of sp³-hybridized carbons (Fsp3) is 0.235. The number of benzene rings is 2. The molecule has 0 saturated carbocycles. The Labute approximate surface area is 149 Å². The number of anilines is 1. The van der Waals surface area contributed by atoms with E-state index in [2.05, 4.69) is 0 Å². The molecule has 0 radical (unpaired) electrons. The first-order valence-electron chi connectivity index (χ1n) is 7.44. The Hall–Kier alpha value is -2.64. The van der Waals surface area contributed by atoms with Crippen molar-refractivity contribution in [3.8, 4) is 0 Å². The second-order valence-electron chi connectivity index (χ2n) is 5.05. The Morgan fingerprint density at radius 1 is 1.20 bits per heavy atom. The molecular formula is C17H17ClN2O5. The smallest absolute Gasteiger partial charge is 0.414 e. The number of nitro benzene ring substituents is 1.